The van der Waals surface area contributed by atoms with Crippen molar-refractivity contribution < 1.29 is 19.1 Å². The van der Waals surface area contributed by atoms with Crippen molar-refractivity contribution in [1.82, 2.24) is 10.0 Å². The first kappa shape index (κ1) is 19.4. The molecule has 1 N–H and O–H groups in total. The van der Waals surface area contributed by atoms with E-state index in [4.69, 9.17) is 14.3 Å². The largest absolute Gasteiger partial charge is 0.491 e. The topological polar surface area (TPSA) is 63.8 Å². The number of amides is 1. The molecule has 31 heavy (non-hydrogen) atoms. The van der Waals surface area contributed by atoms with Gasteiger partial charge in [-0.1, -0.05) is 54.6 Å². The van der Waals surface area contributed by atoms with Gasteiger partial charge in [0.2, 0.25) is 6.29 Å². The van der Waals surface area contributed by atoms with E-state index in [1.165, 1.54) is 5.06 Å². The standard InChI is InChI=1S/C25H22N2O4/c28-24(18-9-3-1-4-10-18)27-16-20(17-29-19-11-5-2-6-12-19)30-25(31-27)22-15-26-23-14-8-7-13-21(22)23/h1-15,20,25-26H,16-17H2/t20-,25+/m0/s1. The molecular weight excluding hydrogens is 392 g/mol. The smallest absolute Gasteiger partial charge is 0.277 e. The number of hydrogen-bond donors (Lipinski definition) is 1. The lowest BCUT2D eigenvalue weighted by Gasteiger charge is -2.37. The van der Waals surface area contributed by atoms with E-state index >= 15 is 0 Å². The average molecular weight is 414 g/mol. The van der Waals surface area contributed by atoms with Gasteiger partial charge in [-0.25, -0.2) is 9.90 Å². The lowest BCUT2D eigenvalue weighted by atomic mass is 10.1. The van der Waals surface area contributed by atoms with E-state index in [1.807, 2.05) is 79.0 Å². The number of carbonyl (C=O) groups is 1. The van der Waals surface area contributed by atoms with Gasteiger partial charge in [-0.3, -0.25) is 4.79 Å². The first-order valence-electron chi connectivity index (χ1n) is 10.2. The van der Waals surface area contributed by atoms with Crippen molar-refractivity contribution >= 4 is 16.8 Å². The molecule has 1 fully saturated rings. The second kappa shape index (κ2) is 8.63. The second-order valence-electron chi connectivity index (χ2n) is 7.34. The molecule has 1 saturated heterocycles. The molecule has 0 radical (unpaired) electrons. The van der Waals surface area contributed by atoms with Crippen LogP contribution in [0.15, 0.2) is 91.1 Å². The van der Waals surface area contributed by atoms with Crippen LogP contribution in [-0.2, 0) is 9.57 Å². The minimum atomic E-state index is -0.734. The van der Waals surface area contributed by atoms with Crippen molar-refractivity contribution in [1.29, 1.82) is 0 Å². The number of H-pyrrole nitrogens is 1. The van der Waals surface area contributed by atoms with Crippen LogP contribution in [0.3, 0.4) is 0 Å². The first-order chi connectivity index (χ1) is 15.3. The van der Waals surface area contributed by atoms with Crippen molar-refractivity contribution in [3.05, 3.63) is 102 Å². The Morgan fingerprint density at radius 2 is 1.68 bits per heavy atom. The number of hydrogen-bond acceptors (Lipinski definition) is 4. The fourth-order valence-electron chi connectivity index (χ4n) is 3.66. The van der Waals surface area contributed by atoms with Gasteiger partial charge in [0.15, 0.2) is 0 Å². The van der Waals surface area contributed by atoms with Gasteiger partial charge in [0.25, 0.3) is 5.91 Å². The van der Waals surface area contributed by atoms with Crippen LogP contribution < -0.4 is 4.74 Å². The van der Waals surface area contributed by atoms with Gasteiger partial charge >= 0.3 is 0 Å². The Morgan fingerprint density at radius 1 is 0.968 bits per heavy atom. The van der Waals surface area contributed by atoms with Crippen LogP contribution in [0.4, 0.5) is 0 Å². The number of aromatic amines is 1. The van der Waals surface area contributed by atoms with Crippen molar-refractivity contribution in [2.75, 3.05) is 13.2 Å². The van der Waals surface area contributed by atoms with E-state index in [1.54, 1.807) is 12.1 Å². The molecule has 4 aromatic rings. The molecule has 0 unspecified atom stereocenters. The SMILES string of the molecule is O=C(c1ccccc1)N1C[C@@H](COc2ccccc2)O[C@@H](c2c[nH]c3ccccc23)O1. The Balaban J connectivity index is 1.41. The van der Waals surface area contributed by atoms with Gasteiger partial charge in [0.05, 0.1) is 6.54 Å². The Morgan fingerprint density at radius 3 is 2.48 bits per heavy atom. The predicted octanol–water partition coefficient (Wildman–Crippen LogP) is 4.72. The zero-order valence-electron chi connectivity index (χ0n) is 16.8. The molecule has 0 spiro atoms. The van der Waals surface area contributed by atoms with Gasteiger partial charge in [-0.2, -0.15) is 0 Å². The average Bonchev–Trinajstić information content (AvgIpc) is 3.28. The number of para-hydroxylation sites is 2. The molecule has 0 bridgehead atoms. The molecule has 2 heterocycles. The highest BCUT2D eigenvalue weighted by Crippen LogP contribution is 2.32. The summed E-state index contributed by atoms with van der Waals surface area (Å²) >= 11 is 0. The van der Waals surface area contributed by atoms with Gasteiger partial charge in [-0.15, -0.1) is 0 Å². The highest BCUT2D eigenvalue weighted by molar-refractivity contribution is 5.93. The monoisotopic (exact) mass is 414 g/mol. The molecular formula is C25H22N2O4. The van der Waals surface area contributed by atoms with Crippen LogP contribution >= 0.6 is 0 Å². The fraction of sp³-hybridized carbons (Fsp3) is 0.160. The van der Waals surface area contributed by atoms with E-state index in [0.29, 0.717) is 12.2 Å². The third-order valence-corrected chi connectivity index (χ3v) is 5.21. The number of nitrogens with zero attached hydrogens (tertiary/aromatic N) is 1. The number of ether oxygens (including phenoxy) is 2. The third kappa shape index (κ3) is 4.17. The van der Waals surface area contributed by atoms with E-state index in [0.717, 1.165) is 22.2 Å². The normalized spacial score (nSPS) is 18.8. The molecule has 156 valence electrons. The summed E-state index contributed by atoms with van der Waals surface area (Å²) in [5.41, 5.74) is 2.38. The highest BCUT2D eigenvalue weighted by atomic mass is 16.8. The molecule has 5 rings (SSSR count). The number of aromatic nitrogens is 1. The Bertz CT molecular complexity index is 1160. The zero-order valence-corrected chi connectivity index (χ0v) is 16.8. The maximum atomic E-state index is 13.1. The summed E-state index contributed by atoms with van der Waals surface area (Å²) in [6.07, 6.45) is 0.767. The van der Waals surface area contributed by atoms with E-state index < -0.39 is 6.29 Å². The summed E-state index contributed by atoms with van der Waals surface area (Å²) < 4.78 is 12.1. The van der Waals surface area contributed by atoms with Crippen LogP contribution in [-0.4, -0.2) is 35.2 Å². The van der Waals surface area contributed by atoms with E-state index in [-0.39, 0.29) is 18.6 Å². The lowest BCUT2D eigenvalue weighted by Crippen LogP contribution is -2.47. The summed E-state index contributed by atoms with van der Waals surface area (Å²) in [6, 6.07) is 26.6. The summed E-state index contributed by atoms with van der Waals surface area (Å²) in [5.74, 6) is 0.542. The van der Waals surface area contributed by atoms with E-state index in [9.17, 15) is 4.79 Å². The molecule has 3 aromatic carbocycles. The quantitative estimate of drug-likeness (QED) is 0.513. The van der Waals surface area contributed by atoms with Gasteiger partial charge in [0.1, 0.15) is 18.5 Å². The second-order valence-corrected chi connectivity index (χ2v) is 7.34. The third-order valence-electron chi connectivity index (χ3n) is 5.21. The number of rotatable bonds is 5. The van der Waals surface area contributed by atoms with Gasteiger partial charge < -0.3 is 14.5 Å². The minimum Gasteiger partial charge on any atom is -0.491 e. The molecule has 1 aliphatic rings. The molecule has 1 amide bonds. The number of fused-ring (bicyclic) bond motifs is 1. The minimum absolute atomic E-state index is 0.210. The van der Waals surface area contributed by atoms with Gasteiger partial charge in [0, 0.05) is 28.2 Å². The number of nitrogens with one attached hydrogen (secondary N) is 1. The zero-order chi connectivity index (χ0) is 21.0. The summed E-state index contributed by atoms with van der Waals surface area (Å²) in [4.78, 5) is 22.4. The van der Waals surface area contributed by atoms with Crippen LogP contribution in [0.1, 0.15) is 22.2 Å². The summed E-state index contributed by atoms with van der Waals surface area (Å²) in [6.45, 7) is 0.560. The van der Waals surface area contributed by atoms with E-state index in [2.05, 4.69) is 4.98 Å². The molecule has 0 saturated carbocycles. The van der Waals surface area contributed by atoms with Crippen LogP contribution in [0.5, 0.6) is 5.75 Å². The molecule has 2 atom stereocenters. The Kier molecular flexibility index (Phi) is 5.39. The molecule has 6 heteroatoms. The Labute approximate surface area is 179 Å². The fourth-order valence-corrected chi connectivity index (χ4v) is 3.66. The molecule has 0 aliphatic carbocycles. The molecule has 6 nitrogen and oxygen atoms in total. The maximum Gasteiger partial charge on any atom is 0.277 e. The van der Waals surface area contributed by atoms with Crippen molar-refractivity contribution in [2.45, 2.75) is 12.4 Å². The predicted molar refractivity (Wildman–Crippen MR) is 116 cm³/mol. The molecule has 1 aromatic heterocycles. The summed E-state index contributed by atoms with van der Waals surface area (Å²) in [5, 5.41) is 2.37. The highest BCUT2D eigenvalue weighted by Gasteiger charge is 2.35. The molecule has 1 aliphatic heterocycles. The number of benzene rings is 3. The Hall–Kier alpha value is -3.61. The summed E-state index contributed by atoms with van der Waals surface area (Å²) in [7, 11) is 0. The van der Waals surface area contributed by atoms with Crippen molar-refractivity contribution in [3.8, 4) is 5.75 Å². The lowest BCUT2D eigenvalue weighted by molar-refractivity contribution is -0.325. The van der Waals surface area contributed by atoms with Gasteiger partial charge in [-0.05, 0) is 30.3 Å². The van der Waals surface area contributed by atoms with Crippen LogP contribution in [0.2, 0.25) is 0 Å². The van der Waals surface area contributed by atoms with Crippen molar-refractivity contribution in [3.63, 3.8) is 0 Å². The number of carbonyl (C=O) groups excluding carboxylic acids is 1. The van der Waals surface area contributed by atoms with Crippen LogP contribution in [0, 0.1) is 0 Å². The maximum absolute atomic E-state index is 13.1. The van der Waals surface area contributed by atoms with Crippen LogP contribution in [0.25, 0.3) is 10.9 Å². The number of hydroxylamine groups is 2. The first-order valence-corrected chi connectivity index (χ1v) is 10.2. The van der Waals surface area contributed by atoms with Crippen molar-refractivity contribution in [2.24, 2.45) is 0 Å².